The number of benzene rings is 2. The molecular weight excluding hydrogens is 349 g/mol. The summed E-state index contributed by atoms with van der Waals surface area (Å²) in [6.07, 6.45) is -2.30. The third-order valence-electron chi connectivity index (χ3n) is 5.05. The van der Waals surface area contributed by atoms with Gasteiger partial charge in [0.25, 0.3) is 0 Å². The van der Waals surface area contributed by atoms with E-state index in [1.54, 1.807) is 12.1 Å². The summed E-state index contributed by atoms with van der Waals surface area (Å²) >= 11 is 0. The van der Waals surface area contributed by atoms with Crippen LogP contribution in [-0.4, -0.2) is 30.6 Å². The molecule has 1 aliphatic heterocycles. The van der Waals surface area contributed by atoms with Crippen molar-refractivity contribution in [3.63, 3.8) is 0 Å². The van der Waals surface area contributed by atoms with E-state index in [-0.39, 0.29) is 6.04 Å². The van der Waals surface area contributed by atoms with Crippen molar-refractivity contribution in [2.24, 2.45) is 5.92 Å². The summed E-state index contributed by atoms with van der Waals surface area (Å²) in [6, 6.07) is 15.8. The van der Waals surface area contributed by atoms with Crippen LogP contribution < -0.4 is 4.90 Å². The zero-order valence-corrected chi connectivity index (χ0v) is 15.9. The second-order valence-electron chi connectivity index (χ2n) is 7.68. The van der Waals surface area contributed by atoms with Crippen LogP contribution in [0.3, 0.4) is 0 Å². The van der Waals surface area contributed by atoms with Gasteiger partial charge in [-0.15, -0.1) is 0 Å². The molecule has 0 unspecified atom stereocenters. The van der Waals surface area contributed by atoms with E-state index in [1.807, 2.05) is 30.3 Å². The van der Waals surface area contributed by atoms with Crippen LogP contribution >= 0.6 is 0 Å². The minimum absolute atomic E-state index is 0.285. The molecule has 0 radical (unpaired) electrons. The Morgan fingerprint density at radius 3 is 2.00 bits per heavy atom. The summed E-state index contributed by atoms with van der Waals surface area (Å²) in [4.78, 5) is 4.68. The van der Waals surface area contributed by atoms with Crippen LogP contribution in [0.15, 0.2) is 54.6 Å². The first-order valence-electron chi connectivity index (χ1n) is 9.58. The van der Waals surface area contributed by atoms with Crippen LogP contribution in [0.2, 0.25) is 0 Å². The van der Waals surface area contributed by atoms with Crippen molar-refractivity contribution in [3.05, 3.63) is 60.2 Å². The fraction of sp³-hybridized carbons (Fsp3) is 0.455. The number of halogens is 3. The van der Waals surface area contributed by atoms with Crippen LogP contribution in [-0.2, 0) is 6.18 Å². The quantitative estimate of drug-likeness (QED) is 0.635. The molecule has 27 heavy (non-hydrogen) atoms. The van der Waals surface area contributed by atoms with Gasteiger partial charge < -0.3 is 9.80 Å². The number of anilines is 2. The van der Waals surface area contributed by atoms with E-state index in [0.717, 1.165) is 43.9 Å². The molecule has 2 aromatic carbocycles. The van der Waals surface area contributed by atoms with E-state index in [4.69, 9.17) is 0 Å². The number of hydrogen-bond donors (Lipinski definition) is 0. The van der Waals surface area contributed by atoms with Gasteiger partial charge >= 0.3 is 6.18 Å². The second-order valence-corrected chi connectivity index (χ2v) is 7.68. The summed E-state index contributed by atoms with van der Waals surface area (Å²) < 4.78 is 38.8. The number of nitrogens with zero attached hydrogens (tertiary/aromatic N) is 2. The number of hydrogen-bond acceptors (Lipinski definition) is 2. The minimum Gasteiger partial charge on any atom is -0.338 e. The lowest BCUT2D eigenvalue weighted by molar-refractivity contribution is -0.137. The Bertz CT molecular complexity index is 703. The van der Waals surface area contributed by atoms with Gasteiger partial charge in [-0.25, -0.2) is 0 Å². The minimum atomic E-state index is -4.31. The molecule has 2 aromatic rings. The molecule has 2 nitrogen and oxygen atoms in total. The first-order valence-corrected chi connectivity index (χ1v) is 9.58. The second kappa shape index (κ2) is 8.34. The molecule has 1 saturated heterocycles. The summed E-state index contributed by atoms with van der Waals surface area (Å²) in [5.41, 5.74) is 1.24. The predicted molar refractivity (Wildman–Crippen MR) is 104 cm³/mol. The van der Waals surface area contributed by atoms with Gasteiger partial charge in [0.05, 0.1) is 5.56 Å². The van der Waals surface area contributed by atoms with E-state index < -0.39 is 11.7 Å². The Kier molecular flexibility index (Phi) is 6.10. The number of likely N-dealkylation sites (tertiary alicyclic amines) is 1. The van der Waals surface area contributed by atoms with Gasteiger partial charge in [0.1, 0.15) is 0 Å². The highest BCUT2D eigenvalue weighted by Crippen LogP contribution is 2.35. The maximum Gasteiger partial charge on any atom is 0.416 e. The molecule has 1 aliphatic rings. The van der Waals surface area contributed by atoms with E-state index in [0.29, 0.717) is 5.92 Å². The fourth-order valence-corrected chi connectivity index (χ4v) is 3.85. The zero-order valence-electron chi connectivity index (χ0n) is 15.9. The zero-order chi connectivity index (χ0) is 19.4. The highest BCUT2D eigenvalue weighted by atomic mass is 19.4. The Hall–Kier alpha value is -2.01. The molecule has 0 atom stereocenters. The lowest BCUT2D eigenvalue weighted by Crippen LogP contribution is -2.44. The molecule has 0 spiro atoms. The van der Waals surface area contributed by atoms with Crippen molar-refractivity contribution in [1.29, 1.82) is 0 Å². The highest BCUT2D eigenvalue weighted by molar-refractivity contribution is 5.64. The molecule has 1 fully saturated rings. The number of piperidine rings is 1. The van der Waals surface area contributed by atoms with E-state index in [1.165, 1.54) is 12.1 Å². The van der Waals surface area contributed by atoms with Crippen molar-refractivity contribution in [3.8, 4) is 0 Å². The molecule has 0 bridgehead atoms. The molecule has 0 saturated carbocycles. The topological polar surface area (TPSA) is 6.48 Å². The molecule has 0 aromatic heterocycles. The van der Waals surface area contributed by atoms with Crippen LogP contribution in [0, 0.1) is 5.92 Å². The number of rotatable bonds is 5. The lowest BCUT2D eigenvalue weighted by Gasteiger charge is -2.40. The van der Waals surface area contributed by atoms with E-state index in [9.17, 15) is 13.2 Å². The van der Waals surface area contributed by atoms with Crippen LogP contribution in [0.25, 0.3) is 0 Å². The van der Waals surface area contributed by atoms with Crippen molar-refractivity contribution in [2.45, 2.75) is 38.9 Å². The average molecular weight is 376 g/mol. The first kappa shape index (κ1) is 19.7. The van der Waals surface area contributed by atoms with Gasteiger partial charge in [-0.3, -0.25) is 0 Å². The van der Waals surface area contributed by atoms with E-state index in [2.05, 4.69) is 23.6 Å². The molecule has 146 valence electrons. The number of para-hydroxylation sites is 1. The van der Waals surface area contributed by atoms with Gasteiger partial charge in [0.15, 0.2) is 0 Å². The third kappa shape index (κ3) is 5.04. The molecule has 0 aliphatic carbocycles. The fourth-order valence-electron chi connectivity index (χ4n) is 3.85. The monoisotopic (exact) mass is 376 g/mol. The van der Waals surface area contributed by atoms with Gasteiger partial charge in [0.2, 0.25) is 0 Å². The Balaban J connectivity index is 1.83. The molecule has 0 amide bonds. The van der Waals surface area contributed by atoms with Crippen LogP contribution in [0.5, 0.6) is 0 Å². The molecule has 5 heteroatoms. The normalized spacial score (nSPS) is 16.7. The molecular formula is C22H27F3N2. The summed E-state index contributed by atoms with van der Waals surface area (Å²) in [5, 5.41) is 0. The SMILES string of the molecule is CC(C)CN1CCC(N(c2ccccc2)c2ccc(C(F)(F)F)cc2)CC1. The molecule has 3 rings (SSSR count). The number of alkyl halides is 3. The maximum absolute atomic E-state index is 12.9. The van der Waals surface area contributed by atoms with Gasteiger partial charge in [-0.05, 0) is 55.2 Å². The van der Waals surface area contributed by atoms with Gasteiger partial charge in [-0.1, -0.05) is 32.0 Å². The third-order valence-corrected chi connectivity index (χ3v) is 5.05. The first-order chi connectivity index (χ1) is 12.8. The van der Waals surface area contributed by atoms with Crippen LogP contribution in [0.1, 0.15) is 32.3 Å². The van der Waals surface area contributed by atoms with E-state index >= 15 is 0 Å². The Labute approximate surface area is 159 Å². The Morgan fingerprint density at radius 2 is 1.48 bits per heavy atom. The lowest BCUT2D eigenvalue weighted by atomic mass is 10.00. The van der Waals surface area contributed by atoms with Crippen molar-refractivity contribution in [2.75, 3.05) is 24.5 Å². The average Bonchev–Trinajstić information content (AvgIpc) is 2.64. The summed E-state index contributed by atoms with van der Waals surface area (Å²) in [6.45, 7) is 7.59. The van der Waals surface area contributed by atoms with Crippen molar-refractivity contribution in [1.82, 2.24) is 4.90 Å². The summed E-state index contributed by atoms with van der Waals surface area (Å²) in [7, 11) is 0. The van der Waals surface area contributed by atoms with Crippen molar-refractivity contribution < 1.29 is 13.2 Å². The highest BCUT2D eigenvalue weighted by Gasteiger charge is 2.31. The Morgan fingerprint density at radius 1 is 0.926 bits per heavy atom. The summed E-state index contributed by atoms with van der Waals surface area (Å²) in [5.74, 6) is 0.640. The smallest absolute Gasteiger partial charge is 0.338 e. The largest absolute Gasteiger partial charge is 0.416 e. The van der Waals surface area contributed by atoms with Gasteiger partial charge in [0, 0.05) is 37.1 Å². The standard InChI is InChI=1S/C22H27F3N2/c1-17(2)16-26-14-12-21(13-15-26)27(19-6-4-3-5-7-19)20-10-8-18(9-11-20)22(23,24)25/h3-11,17,21H,12-16H2,1-2H3. The molecule has 1 heterocycles. The molecule has 0 N–H and O–H groups in total. The van der Waals surface area contributed by atoms with Crippen molar-refractivity contribution >= 4 is 11.4 Å². The maximum atomic E-state index is 12.9. The predicted octanol–water partition coefficient (Wildman–Crippen LogP) is 5.96. The van der Waals surface area contributed by atoms with Gasteiger partial charge in [-0.2, -0.15) is 13.2 Å². The van der Waals surface area contributed by atoms with Crippen LogP contribution in [0.4, 0.5) is 24.5 Å².